The topological polar surface area (TPSA) is 150 Å². The predicted molar refractivity (Wildman–Crippen MR) is 87.2 cm³/mol. The molecule has 0 aromatic rings. The smallest absolute Gasteiger partial charge is 0.347 e. The van der Waals surface area contributed by atoms with Crippen LogP contribution in [0.5, 0.6) is 0 Å². The molecule has 0 aromatic heterocycles. The quantitative estimate of drug-likeness (QED) is 0.317. The zero-order valence-corrected chi connectivity index (χ0v) is 14.9. The number of carbonyl (C=O) groups is 3. The fraction of sp³-hybridized carbons (Fsp3) is 0.500. The highest BCUT2D eigenvalue weighted by Gasteiger charge is 2.31. The van der Waals surface area contributed by atoms with Crippen molar-refractivity contribution in [2.24, 2.45) is 5.41 Å². The molecule has 1 unspecified atom stereocenters. The summed E-state index contributed by atoms with van der Waals surface area (Å²) in [6, 6.07) is 5.09. The largest absolute Gasteiger partial charge is 0.468 e. The van der Waals surface area contributed by atoms with Crippen LogP contribution < -0.4 is 0 Å². The summed E-state index contributed by atoms with van der Waals surface area (Å²) in [4.78, 5) is 31.0. The van der Waals surface area contributed by atoms with E-state index in [1.54, 1.807) is 26.0 Å². The van der Waals surface area contributed by atoms with Gasteiger partial charge < -0.3 is 14.2 Å². The molecule has 138 valence electrons. The lowest BCUT2D eigenvalue weighted by atomic mass is 9.90. The highest BCUT2D eigenvalue weighted by Crippen LogP contribution is 2.20. The van der Waals surface area contributed by atoms with E-state index in [0.717, 1.165) is 0 Å². The summed E-state index contributed by atoms with van der Waals surface area (Å²) in [6.45, 7) is 6.45. The van der Waals surface area contributed by atoms with Gasteiger partial charge in [0.2, 0.25) is 0 Å². The predicted octanol–water partition coefficient (Wildman–Crippen LogP) is 1.66. The summed E-state index contributed by atoms with van der Waals surface area (Å²) in [5.41, 5.74) is -1.14. The van der Waals surface area contributed by atoms with Gasteiger partial charge in [0.1, 0.15) is 18.1 Å². The molecule has 0 saturated heterocycles. The van der Waals surface area contributed by atoms with Crippen LogP contribution in [0.3, 0.4) is 0 Å². The minimum Gasteiger partial charge on any atom is -0.468 e. The molecule has 0 heterocycles. The van der Waals surface area contributed by atoms with Crippen LogP contribution in [0, 0.1) is 39.4 Å². The van der Waals surface area contributed by atoms with Crippen LogP contribution >= 0.6 is 0 Å². The molecule has 0 bridgehead atoms. The first kappa shape index (κ1) is 26.5. The Hall–Kier alpha value is -3.38. The van der Waals surface area contributed by atoms with E-state index >= 15 is 0 Å². The highest BCUT2D eigenvalue weighted by molar-refractivity contribution is 5.91. The van der Waals surface area contributed by atoms with Gasteiger partial charge in [0, 0.05) is 1.43 Å². The van der Waals surface area contributed by atoms with Crippen molar-refractivity contribution in [3.8, 4) is 18.2 Å². The Morgan fingerprint density at radius 1 is 1.08 bits per heavy atom. The van der Waals surface area contributed by atoms with Crippen LogP contribution in [-0.4, -0.2) is 39.2 Å². The maximum Gasteiger partial charge on any atom is 0.347 e. The van der Waals surface area contributed by atoms with Crippen LogP contribution in [-0.2, 0) is 28.6 Å². The monoisotopic (exact) mass is 354 g/mol. The summed E-state index contributed by atoms with van der Waals surface area (Å²) in [5, 5.41) is 24.3. The molecule has 0 fully saturated rings. The molecular weight excluding hydrogens is 330 g/mol. The minimum atomic E-state index is -0.964. The Kier molecular flexibility index (Phi) is 16.5. The second kappa shape index (κ2) is 15.5. The van der Waals surface area contributed by atoms with Gasteiger partial charge in [-0.15, -0.1) is 0 Å². The Labute approximate surface area is 148 Å². The summed E-state index contributed by atoms with van der Waals surface area (Å²) in [6.07, 6.45) is 0.326. The van der Waals surface area contributed by atoms with Gasteiger partial charge in [-0.2, -0.15) is 15.8 Å². The van der Waals surface area contributed by atoms with Crippen molar-refractivity contribution in [3.63, 3.8) is 0 Å². The van der Waals surface area contributed by atoms with E-state index in [4.69, 9.17) is 15.8 Å². The van der Waals surface area contributed by atoms with Gasteiger partial charge in [0.05, 0.1) is 33.5 Å². The van der Waals surface area contributed by atoms with Gasteiger partial charge in [-0.25, -0.2) is 4.79 Å². The van der Waals surface area contributed by atoms with Gasteiger partial charge in [-0.05, 0) is 13.3 Å². The third kappa shape index (κ3) is 12.8. The lowest BCUT2D eigenvalue weighted by molar-refractivity contribution is -0.148. The fourth-order valence-corrected chi connectivity index (χ4v) is 0.800. The summed E-state index contributed by atoms with van der Waals surface area (Å²) >= 11 is 0. The van der Waals surface area contributed by atoms with Crippen molar-refractivity contribution in [1.82, 2.24) is 0 Å². The number of ether oxygens (including phenoxy) is 3. The van der Waals surface area contributed by atoms with Gasteiger partial charge in [-0.1, -0.05) is 13.5 Å². The van der Waals surface area contributed by atoms with Gasteiger partial charge >= 0.3 is 17.9 Å². The van der Waals surface area contributed by atoms with Crippen LogP contribution in [0.25, 0.3) is 0 Å². The van der Waals surface area contributed by atoms with Crippen molar-refractivity contribution in [2.75, 3.05) is 21.3 Å². The molecule has 9 nitrogen and oxygen atoms in total. The SMILES string of the molecule is C=C(C#N)C(=O)OC.CCC(C)(C#N)C(=O)OC.COC(=O)CC#N.[2HH]. The molecule has 0 rings (SSSR count). The van der Waals surface area contributed by atoms with Crippen LogP contribution in [0.15, 0.2) is 12.2 Å². The van der Waals surface area contributed by atoms with Crippen molar-refractivity contribution in [3.05, 3.63) is 12.2 Å². The van der Waals surface area contributed by atoms with E-state index in [0.29, 0.717) is 6.42 Å². The molecule has 25 heavy (non-hydrogen) atoms. The van der Waals surface area contributed by atoms with Crippen LogP contribution in [0.2, 0.25) is 0 Å². The summed E-state index contributed by atoms with van der Waals surface area (Å²) < 4.78 is 12.7. The third-order valence-electron chi connectivity index (χ3n) is 2.61. The molecule has 0 spiro atoms. The van der Waals surface area contributed by atoms with Gasteiger partial charge in [0.25, 0.3) is 0 Å². The van der Waals surface area contributed by atoms with E-state index in [1.807, 2.05) is 6.07 Å². The Morgan fingerprint density at radius 3 is 1.72 bits per heavy atom. The molecule has 0 aromatic carbocycles. The zero-order valence-electron chi connectivity index (χ0n) is 14.9. The summed E-state index contributed by atoms with van der Waals surface area (Å²) in [7, 11) is 3.73. The lowest BCUT2D eigenvalue weighted by Gasteiger charge is -2.14. The number of nitrogens with zero attached hydrogens (tertiary/aromatic N) is 3. The van der Waals surface area contributed by atoms with E-state index in [2.05, 4.69) is 20.8 Å². The maximum atomic E-state index is 10.9. The molecule has 0 N–H and O–H groups in total. The molecule has 0 saturated carbocycles. The molecule has 0 amide bonds. The number of methoxy groups -OCH3 is 3. The molecular formula is C16H23N3O6. The average Bonchev–Trinajstić information content (AvgIpc) is 2.66. The Morgan fingerprint density at radius 2 is 1.60 bits per heavy atom. The average molecular weight is 354 g/mol. The van der Waals surface area contributed by atoms with Crippen LogP contribution in [0.4, 0.5) is 0 Å². The fourth-order valence-electron chi connectivity index (χ4n) is 0.800. The minimum absolute atomic E-state index is 0. The molecule has 0 aliphatic carbocycles. The van der Waals surface area contributed by atoms with Crippen molar-refractivity contribution in [2.45, 2.75) is 26.7 Å². The number of rotatable bonds is 4. The van der Waals surface area contributed by atoms with Crippen LogP contribution in [0.1, 0.15) is 28.1 Å². The standard InChI is InChI=1S/C7H11NO2.C5H5NO2.C4H5NO2.H2/c1-4-7(2,5-8)6(9)10-3;1-4(3-6)5(7)8-2;1-7-4(6)2-3-5;/h4H2,1-3H3;1H2,2H3;2H2,1H3;1H/i;;;1+1. The molecule has 0 radical (unpaired) electrons. The van der Waals surface area contributed by atoms with Gasteiger partial charge in [0.15, 0.2) is 5.41 Å². The molecule has 0 aliphatic heterocycles. The molecule has 1 atom stereocenters. The van der Waals surface area contributed by atoms with E-state index in [-0.39, 0.29) is 13.4 Å². The van der Waals surface area contributed by atoms with Crippen molar-refractivity contribution >= 4 is 17.9 Å². The van der Waals surface area contributed by atoms with Crippen molar-refractivity contribution in [1.29, 1.82) is 15.8 Å². The van der Waals surface area contributed by atoms with Crippen molar-refractivity contribution < 1.29 is 30.0 Å². The maximum absolute atomic E-state index is 10.9. The number of hydrogen-bond acceptors (Lipinski definition) is 9. The second-order valence-corrected chi connectivity index (χ2v) is 4.28. The van der Waals surface area contributed by atoms with E-state index in [1.165, 1.54) is 21.3 Å². The van der Waals surface area contributed by atoms with E-state index in [9.17, 15) is 14.4 Å². The zero-order chi connectivity index (χ0) is 20.5. The van der Waals surface area contributed by atoms with Gasteiger partial charge in [-0.3, -0.25) is 9.59 Å². The lowest BCUT2D eigenvalue weighted by Crippen LogP contribution is -2.26. The number of carbonyl (C=O) groups excluding carboxylic acids is 3. The van der Waals surface area contributed by atoms with E-state index < -0.39 is 23.3 Å². The Balaban J connectivity index is -0.000000139. The molecule has 9 heteroatoms. The molecule has 0 aliphatic rings. The summed E-state index contributed by atoms with van der Waals surface area (Å²) in [5.74, 6) is -1.62. The first-order chi connectivity index (χ1) is 11.6. The first-order valence-corrected chi connectivity index (χ1v) is 6.74. The second-order valence-electron chi connectivity index (χ2n) is 4.28. The number of nitriles is 3. The Bertz CT molecular complexity index is 601. The third-order valence-corrected chi connectivity index (χ3v) is 2.61. The number of esters is 3. The number of hydrogen-bond donors (Lipinski definition) is 0. The highest BCUT2D eigenvalue weighted by atomic mass is 16.5. The normalized spacial score (nSPS) is 10.2. The first-order valence-electron chi connectivity index (χ1n) is 6.74.